The van der Waals surface area contributed by atoms with E-state index < -0.39 is 6.04 Å². The summed E-state index contributed by atoms with van der Waals surface area (Å²) in [5, 5.41) is 2.87. The molecule has 4 heteroatoms. The molecule has 0 heterocycles. The van der Waals surface area contributed by atoms with E-state index in [1.165, 1.54) is 0 Å². The molecule has 0 saturated carbocycles. The van der Waals surface area contributed by atoms with Gasteiger partial charge in [-0.15, -0.1) is 0 Å². The van der Waals surface area contributed by atoms with Crippen molar-refractivity contribution in [1.82, 2.24) is 5.32 Å². The summed E-state index contributed by atoms with van der Waals surface area (Å²) >= 11 is 0. The quantitative estimate of drug-likeness (QED) is 0.515. The minimum Gasteiger partial charge on any atom is -0.362 e. The van der Waals surface area contributed by atoms with Crippen LogP contribution in [0, 0.1) is 0 Å². The number of hydrogen-bond acceptors (Lipinski definition) is 1. The Morgan fingerprint density at radius 3 is 2.15 bits per heavy atom. The highest BCUT2D eigenvalue weighted by atomic mass is 16.1. The summed E-state index contributed by atoms with van der Waals surface area (Å²) in [6.07, 6.45) is 0. The Morgan fingerprint density at radius 2 is 1.60 bits per heavy atom. The van der Waals surface area contributed by atoms with Crippen LogP contribution >= 0.6 is 0 Å². The van der Waals surface area contributed by atoms with E-state index in [1.807, 2.05) is 36.4 Å². The van der Waals surface area contributed by atoms with Crippen LogP contribution in [0.25, 0.3) is 5.53 Å². The monoisotopic (exact) mass is 265 g/mol. The average Bonchev–Trinajstić information content (AvgIpc) is 2.53. The Morgan fingerprint density at radius 1 is 1.05 bits per heavy atom. The Kier molecular flexibility index (Phi) is 4.43. The first-order chi connectivity index (χ1) is 9.72. The standard InChI is InChI=1S/C16H15N3O/c1-12(19-17)15(13-8-4-2-5-9-13)18-16(20)14-10-6-3-7-11-14/h2-11,15H,1H3,(H,18,20). The molecule has 0 aromatic heterocycles. The maximum absolute atomic E-state index is 12.2. The van der Waals surface area contributed by atoms with Crippen molar-refractivity contribution in [3.63, 3.8) is 0 Å². The Labute approximate surface area is 117 Å². The predicted molar refractivity (Wildman–Crippen MR) is 77.4 cm³/mol. The van der Waals surface area contributed by atoms with Crippen molar-refractivity contribution < 1.29 is 9.58 Å². The summed E-state index contributed by atoms with van der Waals surface area (Å²) in [5.74, 6) is -0.206. The van der Waals surface area contributed by atoms with Crippen molar-refractivity contribution in [3.8, 4) is 0 Å². The van der Waals surface area contributed by atoms with Gasteiger partial charge < -0.3 is 10.8 Å². The van der Waals surface area contributed by atoms with Crippen LogP contribution in [-0.2, 0) is 0 Å². The van der Waals surface area contributed by atoms with Crippen molar-refractivity contribution in [2.75, 3.05) is 0 Å². The normalized spacial score (nSPS) is 11.2. The van der Waals surface area contributed by atoms with Crippen LogP contribution in [0.4, 0.5) is 0 Å². The molecule has 0 aliphatic carbocycles. The third kappa shape index (κ3) is 3.19. The first kappa shape index (κ1) is 13.7. The molecule has 2 aromatic carbocycles. The van der Waals surface area contributed by atoms with Crippen LogP contribution < -0.4 is 5.32 Å². The Hall–Kier alpha value is -2.71. The Bertz CT molecular complexity index is 631. The fourth-order valence-corrected chi connectivity index (χ4v) is 1.94. The van der Waals surface area contributed by atoms with Crippen molar-refractivity contribution >= 4 is 11.6 Å². The van der Waals surface area contributed by atoms with Crippen LogP contribution in [-0.4, -0.2) is 16.4 Å². The molecule has 0 bridgehead atoms. The SMILES string of the molecule is CC(=[N+]=[N-])C(NC(=O)c1ccccc1)c1ccccc1. The fraction of sp³-hybridized carbons (Fsp3) is 0.125. The van der Waals surface area contributed by atoms with Crippen molar-refractivity contribution in [1.29, 1.82) is 0 Å². The molecule has 20 heavy (non-hydrogen) atoms. The lowest BCUT2D eigenvalue weighted by Crippen LogP contribution is -2.33. The minimum atomic E-state index is -0.450. The molecule has 0 spiro atoms. The van der Waals surface area contributed by atoms with E-state index in [2.05, 4.69) is 10.1 Å². The number of benzene rings is 2. The van der Waals surface area contributed by atoms with Crippen LogP contribution in [0.2, 0.25) is 0 Å². The van der Waals surface area contributed by atoms with Gasteiger partial charge in [0.2, 0.25) is 0 Å². The molecule has 0 fully saturated rings. The molecular formula is C16H15N3O. The van der Waals surface area contributed by atoms with E-state index in [9.17, 15) is 4.79 Å². The van der Waals surface area contributed by atoms with Gasteiger partial charge in [0.1, 0.15) is 0 Å². The highest BCUT2D eigenvalue weighted by Gasteiger charge is 2.23. The number of nitrogens with one attached hydrogen (secondary N) is 1. The van der Waals surface area contributed by atoms with Gasteiger partial charge >= 0.3 is 0 Å². The van der Waals surface area contributed by atoms with E-state index in [4.69, 9.17) is 5.53 Å². The fourth-order valence-electron chi connectivity index (χ4n) is 1.94. The van der Waals surface area contributed by atoms with Crippen LogP contribution in [0.5, 0.6) is 0 Å². The molecular weight excluding hydrogens is 250 g/mol. The summed E-state index contributed by atoms with van der Waals surface area (Å²) in [6, 6.07) is 17.9. The number of carbonyl (C=O) groups is 1. The first-order valence-electron chi connectivity index (χ1n) is 6.32. The molecule has 100 valence electrons. The van der Waals surface area contributed by atoms with Gasteiger partial charge in [-0.1, -0.05) is 48.5 Å². The lowest BCUT2D eigenvalue weighted by Gasteiger charge is -2.14. The van der Waals surface area contributed by atoms with Crippen molar-refractivity contribution in [3.05, 3.63) is 77.3 Å². The second kappa shape index (κ2) is 6.45. The van der Waals surface area contributed by atoms with Gasteiger partial charge in [-0.05, 0) is 17.7 Å². The van der Waals surface area contributed by atoms with Gasteiger partial charge in [0.15, 0.2) is 6.04 Å². The first-order valence-corrected chi connectivity index (χ1v) is 6.32. The minimum absolute atomic E-state index is 0.206. The molecule has 0 saturated heterocycles. The molecule has 1 N–H and O–H groups in total. The second-order valence-electron chi connectivity index (χ2n) is 4.42. The van der Waals surface area contributed by atoms with Crippen LogP contribution in [0.1, 0.15) is 28.9 Å². The van der Waals surface area contributed by atoms with E-state index >= 15 is 0 Å². The molecule has 2 rings (SSSR count). The highest BCUT2D eigenvalue weighted by Crippen LogP contribution is 2.14. The maximum atomic E-state index is 12.2. The topological polar surface area (TPSA) is 65.5 Å². The maximum Gasteiger partial charge on any atom is 0.292 e. The largest absolute Gasteiger partial charge is 0.362 e. The summed E-state index contributed by atoms with van der Waals surface area (Å²) in [4.78, 5) is 15.4. The van der Waals surface area contributed by atoms with Gasteiger partial charge in [0, 0.05) is 12.5 Å². The van der Waals surface area contributed by atoms with Gasteiger partial charge in [-0.2, -0.15) is 4.79 Å². The predicted octanol–water partition coefficient (Wildman–Crippen LogP) is 2.85. The zero-order chi connectivity index (χ0) is 14.4. The van der Waals surface area contributed by atoms with Gasteiger partial charge in [-0.3, -0.25) is 4.79 Å². The molecule has 4 nitrogen and oxygen atoms in total. The number of rotatable bonds is 4. The van der Waals surface area contributed by atoms with Gasteiger partial charge in [0.25, 0.3) is 11.6 Å². The number of hydrogen-bond donors (Lipinski definition) is 1. The zero-order valence-electron chi connectivity index (χ0n) is 11.2. The average molecular weight is 265 g/mol. The summed E-state index contributed by atoms with van der Waals surface area (Å²) in [5.41, 5.74) is 10.9. The summed E-state index contributed by atoms with van der Waals surface area (Å²) < 4.78 is 0. The third-order valence-corrected chi connectivity index (χ3v) is 3.02. The smallest absolute Gasteiger partial charge is 0.292 e. The van der Waals surface area contributed by atoms with Gasteiger partial charge in [-0.25, -0.2) is 0 Å². The third-order valence-electron chi connectivity index (χ3n) is 3.02. The number of carbonyl (C=O) groups excluding carboxylic acids is 1. The van der Waals surface area contributed by atoms with E-state index in [1.54, 1.807) is 31.2 Å². The molecule has 0 aliphatic heterocycles. The van der Waals surface area contributed by atoms with E-state index in [0.29, 0.717) is 11.3 Å². The molecule has 0 radical (unpaired) electrons. The Balaban J connectivity index is 2.26. The molecule has 0 aliphatic rings. The molecule has 1 unspecified atom stereocenters. The number of amides is 1. The second-order valence-corrected chi connectivity index (χ2v) is 4.42. The number of nitrogens with zero attached hydrogens (tertiary/aromatic N) is 2. The summed E-state index contributed by atoms with van der Waals surface area (Å²) in [6.45, 7) is 1.67. The zero-order valence-corrected chi connectivity index (χ0v) is 11.2. The van der Waals surface area contributed by atoms with E-state index in [0.717, 1.165) is 5.56 Å². The molecule has 1 amide bonds. The lowest BCUT2D eigenvalue weighted by atomic mass is 10.0. The highest BCUT2D eigenvalue weighted by molar-refractivity contribution is 5.97. The lowest BCUT2D eigenvalue weighted by molar-refractivity contribution is -0.0116. The van der Waals surface area contributed by atoms with Crippen LogP contribution in [0.15, 0.2) is 60.7 Å². The summed E-state index contributed by atoms with van der Waals surface area (Å²) in [7, 11) is 0. The van der Waals surface area contributed by atoms with Crippen LogP contribution in [0.3, 0.4) is 0 Å². The molecule has 2 aromatic rings. The van der Waals surface area contributed by atoms with Crippen molar-refractivity contribution in [2.24, 2.45) is 0 Å². The van der Waals surface area contributed by atoms with Gasteiger partial charge in [0.05, 0.1) is 0 Å². The van der Waals surface area contributed by atoms with E-state index in [-0.39, 0.29) is 5.91 Å². The molecule has 1 atom stereocenters. The van der Waals surface area contributed by atoms with Crippen molar-refractivity contribution in [2.45, 2.75) is 13.0 Å².